The molecule has 1 aliphatic rings. The van der Waals surface area contributed by atoms with Gasteiger partial charge in [0.15, 0.2) is 6.04 Å². The van der Waals surface area contributed by atoms with Gasteiger partial charge in [-0.3, -0.25) is 0 Å². The number of nitrogens with one attached hydrogen (secondary N) is 1. The summed E-state index contributed by atoms with van der Waals surface area (Å²) in [5.41, 5.74) is -1.06. The first-order valence-corrected chi connectivity index (χ1v) is 9.00. The van der Waals surface area contributed by atoms with Crippen LogP contribution in [0.5, 0.6) is 0 Å². The van der Waals surface area contributed by atoms with Gasteiger partial charge in [0.1, 0.15) is 11.0 Å². The van der Waals surface area contributed by atoms with Gasteiger partial charge in [-0.15, -0.1) is 0 Å². The fourth-order valence-corrected chi connectivity index (χ4v) is 4.50. The van der Waals surface area contributed by atoms with Crippen molar-refractivity contribution < 1.29 is 26.5 Å². The SMILES string of the molecule is C[C@@H](C#N)[NH+]1CCN(S(=O)(=O)c2cc(C(F)(F)F)ccc2Cl)CC1. The molecule has 0 radical (unpaired) electrons. The number of quaternary nitrogens is 1. The van der Waals surface area contributed by atoms with E-state index in [1.165, 1.54) is 0 Å². The molecule has 10 heteroatoms. The van der Waals surface area contributed by atoms with E-state index < -0.39 is 26.7 Å². The lowest BCUT2D eigenvalue weighted by Gasteiger charge is -2.32. The molecule has 132 valence electrons. The van der Waals surface area contributed by atoms with Crippen molar-refractivity contribution in [3.05, 3.63) is 28.8 Å². The number of hydrogen-bond acceptors (Lipinski definition) is 3. The maximum Gasteiger partial charge on any atom is 0.416 e. The molecule has 2 rings (SSSR count). The zero-order valence-corrected chi connectivity index (χ0v) is 14.3. The maximum atomic E-state index is 12.8. The van der Waals surface area contributed by atoms with Crippen molar-refractivity contribution in [2.24, 2.45) is 0 Å². The first kappa shape index (κ1) is 19.0. The van der Waals surface area contributed by atoms with Gasteiger partial charge in [-0.2, -0.15) is 22.7 Å². The molecule has 0 bridgehead atoms. The van der Waals surface area contributed by atoms with E-state index in [0.29, 0.717) is 19.2 Å². The van der Waals surface area contributed by atoms with E-state index in [1.54, 1.807) is 6.92 Å². The van der Waals surface area contributed by atoms with Crippen LogP contribution in [0.1, 0.15) is 12.5 Å². The Kier molecular flexibility index (Phi) is 5.44. The fourth-order valence-electron chi connectivity index (χ4n) is 2.55. The van der Waals surface area contributed by atoms with Gasteiger partial charge < -0.3 is 4.90 Å². The largest absolute Gasteiger partial charge is 0.416 e. The highest BCUT2D eigenvalue weighted by Gasteiger charge is 2.36. The maximum absolute atomic E-state index is 12.8. The zero-order valence-electron chi connectivity index (χ0n) is 12.8. The van der Waals surface area contributed by atoms with E-state index in [-0.39, 0.29) is 24.2 Å². The first-order chi connectivity index (χ1) is 11.1. The number of hydrogen-bond donors (Lipinski definition) is 1. The number of nitriles is 1. The molecule has 0 aliphatic carbocycles. The highest BCUT2D eigenvalue weighted by Crippen LogP contribution is 2.34. The van der Waals surface area contributed by atoms with Gasteiger partial charge in [0.05, 0.1) is 36.8 Å². The van der Waals surface area contributed by atoms with Crippen molar-refractivity contribution in [3.63, 3.8) is 0 Å². The zero-order chi connectivity index (χ0) is 18.1. The summed E-state index contributed by atoms with van der Waals surface area (Å²) in [6.45, 7) is 2.80. The predicted octanol–water partition coefficient (Wildman–Crippen LogP) is 1.16. The molecule has 1 fully saturated rings. The van der Waals surface area contributed by atoms with Crippen molar-refractivity contribution in [1.29, 1.82) is 5.26 Å². The van der Waals surface area contributed by atoms with E-state index in [2.05, 4.69) is 6.07 Å². The van der Waals surface area contributed by atoms with Gasteiger partial charge >= 0.3 is 6.18 Å². The van der Waals surface area contributed by atoms with Crippen LogP contribution >= 0.6 is 11.6 Å². The number of benzene rings is 1. The summed E-state index contributed by atoms with van der Waals surface area (Å²) in [4.78, 5) is 0.398. The van der Waals surface area contributed by atoms with Crippen LogP contribution in [0, 0.1) is 11.3 Å². The molecular formula is C14H16ClF3N3O2S+. The molecule has 1 N–H and O–H groups in total. The normalized spacial score (nSPS) is 19.0. The third kappa shape index (κ3) is 3.83. The van der Waals surface area contributed by atoms with Crippen LogP contribution in [0.25, 0.3) is 0 Å². The number of sulfonamides is 1. The second kappa shape index (κ2) is 6.88. The Bertz CT molecular complexity index is 754. The smallest absolute Gasteiger partial charge is 0.319 e. The van der Waals surface area contributed by atoms with Crippen LogP contribution in [0.2, 0.25) is 5.02 Å². The molecule has 0 aromatic heterocycles. The van der Waals surface area contributed by atoms with Crippen molar-refractivity contribution in [2.75, 3.05) is 26.2 Å². The number of rotatable bonds is 3. The highest BCUT2D eigenvalue weighted by molar-refractivity contribution is 7.89. The molecule has 1 aliphatic heterocycles. The molecular weight excluding hydrogens is 367 g/mol. The standard InChI is InChI=1S/C14H15ClF3N3O2S/c1-10(9-19)20-4-6-21(7-5-20)24(22,23)13-8-11(14(16,17)18)2-3-12(13)15/h2-3,8,10H,4-7H2,1H3/p+1/t10-/m0/s1. The average molecular weight is 383 g/mol. The Hall–Kier alpha value is -1.34. The van der Waals surface area contributed by atoms with Crippen molar-refractivity contribution in [3.8, 4) is 6.07 Å². The lowest BCUT2D eigenvalue weighted by molar-refractivity contribution is -0.918. The van der Waals surface area contributed by atoms with Gasteiger partial charge in [-0.05, 0) is 18.2 Å². The Labute approximate surface area is 143 Å². The van der Waals surface area contributed by atoms with Gasteiger partial charge in [0.2, 0.25) is 10.0 Å². The summed E-state index contributed by atoms with van der Waals surface area (Å²) in [6, 6.07) is 4.08. The van der Waals surface area contributed by atoms with E-state index >= 15 is 0 Å². The van der Waals surface area contributed by atoms with Crippen molar-refractivity contribution in [1.82, 2.24) is 4.31 Å². The predicted molar refractivity (Wildman–Crippen MR) is 81.0 cm³/mol. The van der Waals surface area contributed by atoms with E-state index in [9.17, 15) is 21.6 Å². The van der Waals surface area contributed by atoms with Gasteiger partial charge in [0.25, 0.3) is 0 Å². The minimum absolute atomic E-state index is 0.121. The number of alkyl halides is 3. The Morgan fingerprint density at radius 3 is 2.42 bits per heavy atom. The molecule has 1 aromatic rings. The van der Waals surface area contributed by atoms with Crippen molar-refractivity contribution >= 4 is 21.6 Å². The summed E-state index contributed by atoms with van der Waals surface area (Å²) in [5, 5.41) is 8.66. The third-order valence-corrected chi connectivity index (χ3v) is 6.43. The number of nitrogens with zero attached hydrogens (tertiary/aromatic N) is 2. The molecule has 0 spiro atoms. The topological polar surface area (TPSA) is 65.6 Å². The molecule has 0 unspecified atom stereocenters. The molecule has 1 heterocycles. The van der Waals surface area contributed by atoms with Crippen LogP contribution in [0.3, 0.4) is 0 Å². The van der Waals surface area contributed by atoms with Crippen LogP contribution < -0.4 is 4.90 Å². The van der Waals surface area contributed by atoms with Crippen LogP contribution in [-0.4, -0.2) is 44.9 Å². The highest BCUT2D eigenvalue weighted by atomic mass is 35.5. The Balaban J connectivity index is 2.28. The van der Waals surface area contributed by atoms with Crippen LogP contribution in [-0.2, 0) is 16.2 Å². The first-order valence-electron chi connectivity index (χ1n) is 7.18. The van der Waals surface area contributed by atoms with Gasteiger partial charge in [-0.25, -0.2) is 8.42 Å². The van der Waals surface area contributed by atoms with Gasteiger partial charge in [0, 0.05) is 6.92 Å². The molecule has 24 heavy (non-hydrogen) atoms. The van der Waals surface area contributed by atoms with Crippen molar-refractivity contribution in [2.45, 2.75) is 24.0 Å². The molecule has 0 saturated carbocycles. The van der Waals surface area contributed by atoms with Crippen LogP contribution in [0.15, 0.2) is 23.1 Å². The van der Waals surface area contributed by atoms with E-state index in [4.69, 9.17) is 16.9 Å². The molecule has 1 saturated heterocycles. The Morgan fingerprint density at radius 2 is 1.92 bits per heavy atom. The second-order valence-electron chi connectivity index (χ2n) is 5.56. The molecule has 1 aromatic carbocycles. The Morgan fingerprint density at radius 1 is 1.33 bits per heavy atom. The van der Waals surface area contributed by atoms with E-state index in [1.807, 2.05) is 0 Å². The third-order valence-electron chi connectivity index (χ3n) is 4.05. The molecule has 0 amide bonds. The summed E-state index contributed by atoms with van der Waals surface area (Å²) in [5.74, 6) is 0. The average Bonchev–Trinajstić information content (AvgIpc) is 2.53. The molecule has 1 atom stereocenters. The monoisotopic (exact) mass is 382 g/mol. The quantitative estimate of drug-likeness (QED) is 0.853. The minimum atomic E-state index is -4.65. The fraction of sp³-hybridized carbons (Fsp3) is 0.500. The number of piperazine rings is 1. The molecule has 5 nitrogen and oxygen atoms in total. The lowest BCUT2D eigenvalue weighted by Crippen LogP contribution is -3.17. The summed E-state index contributed by atoms with van der Waals surface area (Å²) < 4.78 is 64.9. The van der Waals surface area contributed by atoms with Crippen LogP contribution in [0.4, 0.5) is 13.2 Å². The summed E-state index contributed by atoms with van der Waals surface area (Å²) >= 11 is 5.83. The second-order valence-corrected chi connectivity index (χ2v) is 7.87. The number of halogens is 4. The summed E-state index contributed by atoms with van der Waals surface area (Å²) in [7, 11) is -4.13. The van der Waals surface area contributed by atoms with Gasteiger partial charge in [-0.1, -0.05) is 11.6 Å². The summed E-state index contributed by atoms with van der Waals surface area (Å²) in [6.07, 6.45) is -4.65. The lowest BCUT2D eigenvalue weighted by atomic mass is 10.2. The minimum Gasteiger partial charge on any atom is -0.319 e. The van der Waals surface area contributed by atoms with E-state index in [0.717, 1.165) is 21.3 Å².